The van der Waals surface area contributed by atoms with Crippen molar-refractivity contribution in [2.75, 3.05) is 0 Å². The molecule has 0 aromatic heterocycles. The van der Waals surface area contributed by atoms with Crippen LogP contribution < -0.4 is 16.4 Å². The number of hydrogen-bond acceptors (Lipinski definition) is 5. The van der Waals surface area contributed by atoms with E-state index in [0.717, 1.165) is 29.5 Å². The fourth-order valence-corrected chi connectivity index (χ4v) is 3.96. The number of aryl methyl sites for hydroxylation is 2. The molecule has 2 unspecified atom stereocenters. The summed E-state index contributed by atoms with van der Waals surface area (Å²) < 4.78 is 5.34. The van der Waals surface area contributed by atoms with Gasteiger partial charge in [-0.2, -0.15) is 0 Å². The summed E-state index contributed by atoms with van der Waals surface area (Å²) >= 11 is 0. The second-order valence-electron chi connectivity index (χ2n) is 10.6. The van der Waals surface area contributed by atoms with E-state index in [1.54, 1.807) is 25.7 Å². The van der Waals surface area contributed by atoms with Gasteiger partial charge in [-0.05, 0) is 78.9 Å². The third kappa shape index (κ3) is 8.56. The molecule has 0 heterocycles. The largest absolute Gasteiger partial charge is 0.444 e. The molecule has 1 saturated carbocycles. The van der Waals surface area contributed by atoms with Gasteiger partial charge in [0.1, 0.15) is 17.7 Å². The summed E-state index contributed by atoms with van der Waals surface area (Å²) in [6, 6.07) is 3.53. The van der Waals surface area contributed by atoms with Crippen molar-refractivity contribution in [2.45, 2.75) is 104 Å². The number of primary amides is 1. The van der Waals surface area contributed by atoms with Gasteiger partial charge >= 0.3 is 6.09 Å². The smallest absolute Gasteiger partial charge is 0.408 e. The SMILES string of the molecule is Cc1ccc(C(C(=O)NC(C)C)N(C(=O)C(CCC(N)=O)NC(=O)OC(C)(C)C)C2CC2)c(C)c1. The maximum atomic E-state index is 13.9. The van der Waals surface area contributed by atoms with Crippen molar-refractivity contribution >= 4 is 23.8 Å². The van der Waals surface area contributed by atoms with E-state index in [4.69, 9.17) is 10.5 Å². The molecule has 35 heavy (non-hydrogen) atoms. The number of carbonyl (C=O) groups excluding carboxylic acids is 4. The molecule has 1 aliphatic carbocycles. The standard InChI is InChI=1S/C26H40N4O5/c1-15(2)28-23(32)22(19-11-8-16(3)14-17(19)4)30(18-9-10-18)24(33)20(12-13-21(27)31)29-25(34)35-26(5,6)7/h8,11,14-15,18,20,22H,9-10,12-13H2,1-7H3,(H2,27,31)(H,28,32)(H,29,34). The van der Waals surface area contributed by atoms with Gasteiger partial charge in [0.2, 0.25) is 17.7 Å². The first kappa shape index (κ1) is 28.1. The number of hydrogen-bond donors (Lipinski definition) is 3. The number of amides is 4. The summed E-state index contributed by atoms with van der Waals surface area (Å²) in [5.41, 5.74) is 7.23. The van der Waals surface area contributed by atoms with Crippen LogP contribution in [-0.2, 0) is 19.1 Å². The van der Waals surface area contributed by atoms with Crippen LogP contribution in [0.2, 0.25) is 0 Å². The normalized spacial score (nSPS) is 15.2. The topological polar surface area (TPSA) is 131 Å². The summed E-state index contributed by atoms with van der Waals surface area (Å²) in [6.07, 6.45) is 0.624. The number of carbonyl (C=O) groups is 4. The lowest BCUT2D eigenvalue weighted by molar-refractivity contribution is -0.143. The summed E-state index contributed by atoms with van der Waals surface area (Å²) in [4.78, 5) is 53.0. The molecule has 0 radical (unpaired) electrons. The van der Waals surface area contributed by atoms with Gasteiger partial charge in [0.05, 0.1) is 0 Å². The second kappa shape index (κ2) is 11.6. The Kier molecular flexibility index (Phi) is 9.29. The molecule has 4 amide bonds. The predicted molar refractivity (Wildman–Crippen MR) is 133 cm³/mol. The van der Waals surface area contributed by atoms with Crippen LogP contribution in [0.3, 0.4) is 0 Å². The lowest BCUT2D eigenvalue weighted by Crippen LogP contribution is -2.54. The Morgan fingerprint density at radius 1 is 1.11 bits per heavy atom. The van der Waals surface area contributed by atoms with Crippen molar-refractivity contribution < 1.29 is 23.9 Å². The van der Waals surface area contributed by atoms with Crippen molar-refractivity contribution in [3.05, 3.63) is 34.9 Å². The van der Waals surface area contributed by atoms with Gasteiger partial charge in [0, 0.05) is 18.5 Å². The number of nitrogens with zero attached hydrogens (tertiary/aromatic N) is 1. The Balaban J connectivity index is 2.48. The molecule has 0 spiro atoms. The van der Waals surface area contributed by atoms with E-state index in [-0.39, 0.29) is 30.8 Å². The Labute approximate surface area is 208 Å². The molecule has 1 aliphatic rings. The Morgan fingerprint density at radius 3 is 2.23 bits per heavy atom. The summed E-state index contributed by atoms with van der Waals surface area (Å²) in [6.45, 7) is 12.8. The molecule has 1 fully saturated rings. The fraction of sp³-hybridized carbons (Fsp3) is 0.615. The van der Waals surface area contributed by atoms with Gasteiger partial charge in [0.15, 0.2) is 0 Å². The van der Waals surface area contributed by atoms with Crippen LogP contribution in [0.4, 0.5) is 4.79 Å². The molecule has 2 rings (SSSR count). The monoisotopic (exact) mass is 488 g/mol. The minimum atomic E-state index is -1.07. The van der Waals surface area contributed by atoms with E-state index < -0.39 is 35.6 Å². The fourth-order valence-electron chi connectivity index (χ4n) is 3.96. The molecule has 9 heteroatoms. The summed E-state index contributed by atoms with van der Waals surface area (Å²) in [5, 5.41) is 5.55. The van der Waals surface area contributed by atoms with E-state index in [9.17, 15) is 19.2 Å². The Bertz CT molecular complexity index is 950. The van der Waals surface area contributed by atoms with Gasteiger partial charge in [-0.1, -0.05) is 23.8 Å². The van der Waals surface area contributed by atoms with E-state index in [0.29, 0.717) is 0 Å². The summed E-state index contributed by atoms with van der Waals surface area (Å²) in [5.74, 6) is -1.32. The molecule has 1 aromatic rings. The average Bonchev–Trinajstić information content (AvgIpc) is 3.52. The Morgan fingerprint density at radius 2 is 1.74 bits per heavy atom. The first-order chi connectivity index (χ1) is 16.2. The number of ether oxygens (including phenoxy) is 1. The number of benzene rings is 1. The first-order valence-corrected chi connectivity index (χ1v) is 12.2. The molecule has 4 N–H and O–H groups in total. The molecule has 0 saturated heterocycles. The highest BCUT2D eigenvalue weighted by atomic mass is 16.6. The van der Waals surface area contributed by atoms with E-state index in [1.165, 1.54) is 0 Å². The number of nitrogens with one attached hydrogen (secondary N) is 2. The minimum Gasteiger partial charge on any atom is -0.444 e. The zero-order valence-corrected chi connectivity index (χ0v) is 21.9. The van der Waals surface area contributed by atoms with Gasteiger partial charge in [-0.25, -0.2) is 4.79 Å². The average molecular weight is 489 g/mol. The predicted octanol–water partition coefficient (Wildman–Crippen LogP) is 3.02. The van der Waals surface area contributed by atoms with Crippen molar-refractivity contribution in [1.82, 2.24) is 15.5 Å². The van der Waals surface area contributed by atoms with Crippen LogP contribution in [0.15, 0.2) is 18.2 Å². The lowest BCUT2D eigenvalue weighted by Gasteiger charge is -2.35. The zero-order valence-electron chi connectivity index (χ0n) is 21.9. The number of alkyl carbamates (subject to hydrolysis) is 1. The molecular weight excluding hydrogens is 448 g/mol. The molecule has 0 bridgehead atoms. The van der Waals surface area contributed by atoms with Crippen molar-refractivity contribution in [3.8, 4) is 0 Å². The minimum absolute atomic E-state index is 0.00201. The number of nitrogens with two attached hydrogens (primary N) is 1. The van der Waals surface area contributed by atoms with Crippen LogP contribution in [-0.4, -0.2) is 52.4 Å². The maximum absolute atomic E-state index is 13.9. The highest BCUT2D eigenvalue weighted by Crippen LogP contribution is 2.37. The number of rotatable bonds is 10. The molecule has 2 atom stereocenters. The van der Waals surface area contributed by atoms with E-state index in [1.807, 2.05) is 45.9 Å². The molecule has 9 nitrogen and oxygen atoms in total. The van der Waals surface area contributed by atoms with Crippen molar-refractivity contribution in [1.29, 1.82) is 0 Å². The van der Waals surface area contributed by atoms with Crippen LogP contribution in [0.25, 0.3) is 0 Å². The molecule has 1 aromatic carbocycles. The molecule has 194 valence electrons. The lowest BCUT2D eigenvalue weighted by atomic mass is 9.95. The van der Waals surface area contributed by atoms with E-state index >= 15 is 0 Å². The third-order valence-electron chi connectivity index (χ3n) is 5.54. The van der Waals surface area contributed by atoms with Gasteiger partial charge < -0.3 is 26.0 Å². The van der Waals surface area contributed by atoms with E-state index in [2.05, 4.69) is 10.6 Å². The highest BCUT2D eigenvalue weighted by molar-refractivity contribution is 5.93. The quantitative estimate of drug-likeness (QED) is 0.466. The van der Waals surface area contributed by atoms with Crippen LogP contribution in [0.5, 0.6) is 0 Å². The van der Waals surface area contributed by atoms with Gasteiger partial charge in [0.25, 0.3) is 0 Å². The van der Waals surface area contributed by atoms with Crippen LogP contribution in [0, 0.1) is 13.8 Å². The second-order valence-corrected chi connectivity index (χ2v) is 10.6. The van der Waals surface area contributed by atoms with Crippen LogP contribution in [0.1, 0.15) is 83.0 Å². The van der Waals surface area contributed by atoms with Crippen molar-refractivity contribution in [3.63, 3.8) is 0 Å². The maximum Gasteiger partial charge on any atom is 0.408 e. The highest BCUT2D eigenvalue weighted by Gasteiger charge is 2.44. The zero-order chi connectivity index (χ0) is 26.5. The molecular formula is C26H40N4O5. The van der Waals surface area contributed by atoms with Crippen molar-refractivity contribution in [2.24, 2.45) is 5.73 Å². The molecule has 0 aliphatic heterocycles. The third-order valence-corrected chi connectivity index (χ3v) is 5.54. The summed E-state index contributed by atoms with van der Waals surface area (Å²) in [7, 11) is 0. The van der Waals surface area contributed by atoms with Gasteiger partial charge in [-0.3, -0.25) is 14.4 Å². The van der Waals surface area contributed by atoms with Crippen LogP contribution >= 0.6 is 0 Å². The van der Waals surface area contributed by atoms with Gasteiger partial charge in [-0.15, -0.1) is 0 Å². The Hall–Kier alpha value is -3.10. The first-order valence-electron chi connectivity index (χ1n) is 12.2.